The molecular formula is C12H17ClIN. The third-order valence-electron chi connectivity index (χ3n) is 2.67. The molecule has 0 unspecified atom stereocenters. The molecule has 0 atom stereocenters. The first-order valence-electron chi connectivity index (χ1n) is 5.36. The lowest BCUT2D eigenvalue weighted by Crippen LogP contribution is -2.13. The van der Waals surface area contributed by atoms with Crippen LogP contribution in [0.2, 0.25) is 5.02 Å². The second kappa shape index (κ2) is 6.59. The molecule has 15 heavy (non-hydrogen) atoms. The fraction of sp³-hybridized carbons (Fsp3) is 0.500. The Morgan fingerprint density at radius 3 is 2.53 bits per heavy atom. The zero-order valence-electron chi connectivity index (χ0n) is 9.19. The maximum Gasteiger partial charge on any atom is 0.0477 e. The molecular weight excluding hydrogens is 320 g/mol. The smallest absolute Gasteiger partial charge is 0.0477 e. The molecule has 0 amide bonds. The van der Waals surface area contributed by atoms with Gasteiger partial charge in [0.1, 0.15) is 0 Å². The number of nitrogens with one attached hydrogen (secondary N) is 1. The number of hydrogen-bond acceptors (Lipinski definition) is 1. The minimum absolute atomic E-state index is 0.761. The van der Waals surface area contributed by atoms with Crippen molar-refractivity contribution in [1.82, 2.24) is 0 Å². The van der Waals surface area contributed by atoms with Crippen LogP contribution in [0.1, 0.15) is 26.7 Å². The van der Waals surface area contributed by atoms with Crippen molar-refractivity contribution in [2.24, 2.45) is 5.92 Å². The molecule has 1 nitrogen and oxygen atoms in total. The number of halogens is 2. The van der Waals surface area contributed by atoms with E-state index in [1.54, 1.807) is 0 Å². The summed E-state index contributed by atoms with van der Waals surface area (Å²) in [6.07, 6.45) is 2.46. The van der Waals surface area contributed by atoms with Crippen LogP contribution in [0, 0.1) is 9.49 Å². The summed E-state index contributed by atoms with van der Waals surface area (Å²) < 4.78 is 1.19. The Balaban J connectivity index is 2.57. The summed E-state index contributed by atoms with van der Waals surface area (Å²) in [4.78, 5) is 0. The number of rotatable bonds is 5. The summed E-state index contributed by atoms with van der Waals surface area (Å²) in [5.41, 5.74) is 1.19. The minimum Gasteiger partial charge on any atom is -0.384 e. The van der Waals surface area contributed by atoms with Crippen molar-refractivity contribution in [2.75, 3.05) is 11.9 Å². The summed E-state index contributed by atoms with van der Waals surface area (Å²) in [6, 6.07) is 5.96. The van der Waals surface area contributed by atoms with E-state index in [0.29, 0.717) is 0 Å². The van der Waals surface area contributed by atoms with Crippen molar-refractivity contribution >= 4 is 39.9 Å². The molecule has 3 heteroatoms. The van der Waals surface area contributed by atoms with Gasteiger partial charge in [-0.05, 0) is 46.7 Å². The Morgan fingerprint density at radius 2 is 2.00 bits per heavy atom. The topological polar surface area (TPSA) is 12.0 Å². The predicted molar refractivity (Wildman–Crippen MR) is 76.7 cm³/mol. The van der Waals surface area contributed by atoms with Gasteiger partial charge in [0, 0.05) is 20.8 Å². The van der Waals surface area contributed by atoms with Crippen molar-refractivity contribution in [2.45, 2.75) is 26.7 Å². The monoisotopic (exact) mass is 337 g/mol. The van der Waals surface area contributed by atoms with E-state index < -0.39 is 0 Å². The van der Waals surface area contributed by atoms with E-state index in [4.69, 9.17) is 11.6 Å². The van der Waals surface area contributed by atoms with Crippen LogP contribution in [0.25, 0.3) is 0 Å². The Hall–Kier alpha value is 0.0400. The van der Waals surface area contributed by atoms with E-state index in [2.05, 4.69) is 41.8 Å². The van der Waals surface area contributed by atoms with Crippen LogP contribution in [0.3, 0.4) is 0 Å². The number of anilines is 1. The van der Waals surface area contributed by atoms with Gasteiger partial charge in [-0.3, -0.25) is 0 Å². The van der Waals surface area contributed by atoms with Crippen molar-refractivity contribution in [1.29, 1.82) is 0 Å². The van der Waals surface area contributed by atoms with Crippen molar-refractivity contribution < 1.29 is 0 Å². The maximum absolute atomic E-state index is 5.90. The molecule has 0 aliphatic carbocycles. The molecule has 0 aliphatic heterocycles. The van der Waals surface area contributed by atoms with Gasteiger partial charge >= 0.3 is 0 Å². The molecule has 0 heterocycles. The zero-order valence-corrected chi connectivity index (χ0v) is 12.1. The van der Waals surface area contributed by atoms with Crippen LogP contribution < -0.4 is 5.32 Å². The van der Waals surface area contributed by atoms with E-state index in [1.807, 2.05) is 18.2 Å². The van der Waals surface area contributed by atoms with Crippen molar-refractivity contribution in [3.8, 4) is 0 Å². The Kier molecular flexibility index (Phi) is 5.75. The average molecular weight is 338 g/mol. The molecule has 84 valence electrons. The summed E-state index contributed by atoms with van der Waals surface area (Å²) in [5, 5.41) is 4.27. The lowest BCUT2D eigenvalue weighted by atomic mass is 10.0. The highest BCUT2D eigenvalue weighted by Gasteiger charge is 2.04. The van der Waals surface area contributed by atoms with Crippen molar-refractivity contribution in [3.63, 3.8) is 0 Å². The van der Waals surface area contributed by atoms with Gasteiger partial charge in [0.2, 0.25) is 0 Å². The molecule has 0 radical (unpaired) electrons. The molecule has 1 N–H and O–H groups in total. The van der Waals surface area contributed by atoms with Crippen LogP contribution in [0.15, 0.2) is 18.2 Å². The lowest BCUT2D eigenvalue weighted by Gasteiger charge is -2.15. The largest absolute Gasteiger partial charge is 0.384 e. The van der Waals surface area contributed by atoms with E-state index in [9.17, 15) is 0 Å². The third kappa shape index (κ3) is 4.19. The van der Waals surface area contributed by atoms with E-state index in [1.165, 1.54) is 22.1 Å². The first-order valence-corrected chi connectivity index (χ1v) is 6.82. The van der Waals surface area contributed by atoms with Gasteiger partial charge in [0.25, 0.3) is 0 Å². The first kappa shape index (κ1) is 13.1. The minimum atomic E-state index is 0.761. The van der Waals surface area contributed by atoms with Crippen LogP contribution in [-0.2, 0) is 0 Å². The normalized spacial score (nSPS) is 10.7. The zero-order chi connectivity index (χ0) is 11.3. The third-order valence-corrected chi connectivity index (χ3v) is 3.79. The highest BCUT2D eigenvalue weighted by molar-refractivity contribution is 14.1. The van der Waals surface area contributed by atoms with Crippen LogP contribution in [-0.4, -0.2) is 6.54 Å². The predicted octanol–water partition coefficient (Wildman–Crippen LogP) is 4.79. The summed E-state index contributed by atoms with van der Waals surface area (Å²) in [7, 11) is 0. The first-order chi connectivity index (χ1) is 7.17. The fourth-order valence-corrected chi connectivity index (χ4v) is 2.53. The van der Waals surface area contributed by atoms with Gasteiger partial charge in [0.05, 0.1) is 0 Å². The average Bonchev–Trinajstić information content (AvgIpc) is 2.22. The molecule has 0 fully saturated rings. The van der Waals surface area contributed by atoms with E-state index >= 15 is 0 Å². The fourth-order valence-electron chi connectivity index (χ4n) is 1.46. The Morgan fingerprint density at radius 1 is 1.33 bits per heavy atom. The van der Waals surface area contributed by atoms with Gasteiger partial charge in [-0.25, -0.2) is 0 Å². The highest BCUT2D eigenvalue weighted by atomic mass is 127. The molecule has 1 aromatic rings. The summed E-state index contributed by atoms with van der Waals surface area (Å²) in [5.74, 6) is 0.761. The van der Waals surface area contributed by atoms with Gasteiger partial charge < -0.3 is 5.32 Å². The second-order valence-electron chi connectivity index (χ2n) is 3.69. The van der Waals surface area contributed by atoms with Crippen LogP contribution in [0.5, 0.6) is 0 Å². The van der Waals surface area contributed by atoms with Gasteiger partial charge in [-0.1, -0.05) is 38.3 Å². The Bertz CT molecular complexity index is 310. The van der Waals surface area contributed by atoms with E-state index in [-0.39, 0.29) is 0 Å². The van der Waals surface area contributed by atoms with Crippen molar-refractivity contribution in [3.05, 3.63) is 26.8 Å². The standard InChI is InChI=1S/C12H17ClIN/c1-3-9(4-2)8-15-12-6-5-10(13)7-11(12)14/h5-7,9,15H,3-4,8H2,1-2H3. The van der Waals surface area contributed by atoms with Gasteiger partial charge in [0.15, 0.2) is 0 Å². The molecule has 0 spiro atoms. The Labute approximate surface area is 111 Å². The van der Waals surface area contributed by atoms with E-state index in [0.717, 1.165) is 17.5 Å². The van der Waals surface area contributed by atoms with Crippen LogP contribution in [0.4, 0.5) is 5.69 Å². The highest BCUT2D eigenvalue weighted by Crippen LogP contribution is 2.22. The molecule has 1 rings (SSSR count). The molecule has 0 saturated heterocycles. The maximum atomic E-state index is 5.90. The number of hydrogen-bond donors (Lipinski definition) is 1. The molecule has 0 aromatic heterocycles. The van der Waals surface area contributed by atoms with Crippen LogP contribution >= 0.6 is 34.2 Å². The molecule has 0 saturated carbocycles. The molecule has 1 aromatic carbocycles. The quantitative estimate of drug-likeness (QED) is 0.762. The van der Waals surface area contributed by atoms with Gasteiger partial charge in [-0.2, -0.15) is 0 Å². The SMILES string of the molecule is CCC(CC)CNc1ccc(Cl)cc1I. The summed E-state index contributed by atoms with van der Waals surface area (Å²) >= 11 is 8.21. The number of benzene rings is 1. The molecule has 0 aliphatic rings. The molecule has 0 bridgehead atoms. The van der Waals surface area contributed by atoms with Gasteiger partial charge in [-0.15, -0.1) is 0 Å². The summed E-state index contributed by atoms with van der Waals surface area (Å²) in [6.45, 7) is 5.52. The lowest BCUT2D eigenvalue weighted by molar-refractivity contribution is 0.519. The second-order valence-corrected chi connectivity index (χ2v) is 5.29.